The first-order chi connectivity index (χ1) is 17.7. The number of carbonyl (C=O) groups excluding carboxylic acids is 1. The van der Waals surface area contributed by atoms with E-state index < -0.39 is 22.5 Å². The van der Waals surface area contributed by atoms with Crippen molar-refractivity contribution < 1.29 is 17.9 Å². The molecule has 1 heterocycles. The van der Waals surface area contributed by atoms with Gasteiger partial charge >= 0.3 is 0 Å². The molecule has 0 saturated heterocycles. The van der Waals surface area contributed by atoms with Crippen LogP contribution in [0.15, 0.2) is 82.8 Å². The van der Waals surface area contributed by atoms with Crippen molar-refractivity contribution in [1.29, 1.82) is 0 Å². The van der Waals surface area contributed by atoms with Gasteiger partial charge in [0.2, 0.25) is 0 Å². The standard InChI is InChI=1S/C27H25ClN4O4S/c1-18-7-11-24(12-8-18)37(34,35)32(22-6-4-5-19(2)13-22)17-26(33)31-29-16-21-14-20-9-10-23(36-3)15-25(20)30-27(21)28/h4-16H,17H2,1-3H3,(H,31,33)/b29-16-. The molecule has 10 heteroatoms. The summed E-state index contributed by atoms with van der Waals surface area (Å²) in [7, 11) is -2.45. The summed E-state index contributed by atoms with van der Waals surface area (Å²) in [6.45, 7) is 3.25. The minimum absolute atomic E-state index is 0.0848. The number of nitrogens with zero attached hydrogens (tertiary/aromatic N) is 3. The van der Waals surface area contributed by atoms with Gasteiger partial charge in [0.05, 0.1) is 29.4 Å². The average Bonchev–Trinajstić information content (AvgIpc) is 2.87. The maximum Gasteiger partial charge on any atom is 0.264 e. The van der Waals surface area contributed by atoms with Crippen LogP contribution in [0.25, 0.3) is 10.9 Å². The van der Waals surface area contributed by atoms with Crippen molar-refractivity contribution in [3.8, 4) is 5.75 Å². The number of nitrogens with one attached hydrogen (secondary N) is 1. The molecule has 0 unspecified atom stereocenters. The van der Waals surface area contributed by atoms with E-state index in [2.05, 4.69) is 15.5 Å². The molecule has 190 valence electrons. The van der Waals surface area contributed by atoms with Gasteiger partial charge in [0, 0.05) is 17.0 Å². The Labute approximate surface area is 220 Å². The van der Waals surface area contributed by atoms with Crippen molar-refractivity contribution in [2.24, 2.45) is 5.10 Å². The van der Waals surface area contributed by atoms with Crippen LogP contribution in [0.2, 0.25) is 5.15 Å². The van der Waals surface area contributed by atoms with Crippen molar-refractivity contribution in [2.45, 2.75) is 18.7 Å². The molecule has 4 aromatic rings. The van der Waals surface area contributed by atoms with Gasteiger partial charge in [-0.3, -0.25) is 9.10 Å². The highest BCUT2D eigenvalue weighted by Crippen LogP contribution is 2.25. The molecule has 0 saturated carbocycles. The van der Waals surface area contributed by atoms with E-state index in [9.17, 15) is 13.2 Å². The van der Waals surface area contributed by atoms with E-state index in [0.29, 0.717) is 22.5 Å². The van der Waals surface area contributed by atoms with E-state index >= 15 is 0 Å². The lowest BCUT2D eigenvalue weighted by molar-refractivity contribution is -0.119. The molecule has 0 aliphatic heterocycles. The number of pyridine rings is 1. The first-order valence-corrected chi connectivity index (χ1v) is 13.1. The van der Waals surface area contributed by atoms with Crippen LogP contribution >= 0.6 is 11.6 Å². The van der Waals surface area contributed by atoms with E-state index in [0.717, 1.165) is 20.8 Å². The summed E-state index contributed by atoms with van der Waals surface area (Å²) >= 11 is 6.29. The van der Waals surface area contributed by atoms with Gasteiger partial charge in [-0.05, 0) is 61.9 Å². The Morgan fingerprint density at radius 3 is 2.51 bits per heavy atom. The molecular weight excluding hydrogens is 512 g/mol. The van der Waals surface area contributed by atoms with Gasteiger partial charge in [-0.15, -0.1) is 0 Å². The zero-order valence-electron chi connectivity index (χ0n) is 20.5. The first-order valence-electron chi connectivity index (χ1n) is 11.3. The van der Waals surface area contributed by atoms with Crippen LogP contribution in [0.3, 0.4) is 0 Å². The van der Waals surface area contributed by atoms with Crippen LogP contribution in [0.4, 0.5) is 5.69 Å². The molecule has 3 aromatic carbocycles. The Hall–Kier alpha value is -3.95. The second kappa shape index (κ2) is 11.0. The number of halogens is 1. The van der Waals surface area contributed by atoms with Crippen LogP contribution in [-0.2, 0) is 14.8 Å². The predicted octanol–water partition coefficient (Wildman–Crippen LogP) is 4.86. The number of carbonyl (C=O) groups is 1. The van der Waals surface area contributed by atoms with Gasteiger partial charge in [0.25, 0.3) is 15.9 Å². The molecule has 1 amide bonds. The number of benzene rings is 3. The van der Waals surface area contributed by atoms with E-state index in [4.69, 9.17) is 16.3 Å². The Kier molecular flexibility index (Phi) is 7.75. The molecule has 4 rings (SSSR count). The molecule has 0 aliphatic carbocycles. The largest absolute Gasteiger partial charge is 0.497 e. The number of aromatic nitrogens is 1. The number of hydrogen-bond acceptors (Lipinski definition) is 6. The van der Waals surface area contributed by atoms with Gasteiger partial charge in [-0.25, -0.2) is 18.8 Å². The smallest absolute Gasteiger partial charge is 0.264 e. The fourth-order valence-electron chi connectivity index (χ4n) is 3.63. The zero-order valence-corrected chi connectivity index (χ0v) is 22.0. The highest BCUT2D eigenvalue weighted by atomic mass is 35.5. The summed E-state index contributed by atoms with van der Waals surface area (Å²) in [6, 6.07) is 20.6. The summed E-state index contributed by atoms with van der Waals surface area (Å²) in [5, 5.41) is 4.99. The summed E-state index contributed by atoms with van der Waals surface area (Å²) in [5.74, 6) is 0.0338. The lowest BCUT2D eigenvalue weighted by Gasteiger charge is -2.24. The normalized spacial score (nSPS) is 11.6. The number of amides is 1. The number of anilines is 1. The van der Waals surface area contributed by atoms with Crippen LogP contribution in [0.5, 0.6) is 5.75 Å². The zero-order chi connectivity index (χ0) is 26.6. The molecule has 0 aliphatic rings. The molecule has 8 nitrogen and oxygen atoms in total. The van der Waals surface area contributed by atoms with E-state index in [1.54, 1.807) is 55.6 Å². The average molecular weight is 537 g/mol. The quantitative estimate of drug-likeness (QED) is 0.197. The molecule has 0 spiro atoms. The van der Waals surface area contributed by atoms with Crippen molar-refractivity contribution in [2.75, 3.05) is 18.0 Å². The maximum absolute atomic E-state index is 13.5. The van der Waals surface area contributed by atoms with Crippen LogP contribution in [-0.4, -0.2) is 39.2 Å². The van der Waals surface area contributed by atoms with Crippen LogP contribution in [0, 0.1) is 13.8 Å². The molecule has 1 aromatic heterocycles. The summed E-state index contributed by atoms with van der Waals surface area (Å²) < 4.78 is 33.2. The number of methoxy groups -OCH3 is 1. The van der Waals surface area contributed by atoms with Crippen molar-refractivity contribution in [3.63, 3.8) is 0 Å². The van der Waals surface area contributed by atoms with Crippen LogP contribution in [0.1, 0.15) is 16.7 Å². The monoisotopic (exact) mass is 536 g/mol. The molecule has 0 radical (unpaired) electrons. The third-order valence-electron chi connectivity index (χ3n) is 5.58. The second-order valence-electron chi connectivity index (χ2n) is 8.38. The Balaban J connectivity index is 1.56. The fourth-order valence-corrected chi connectivity index (χ4v) is 5.24. The molecular formula is C27H25ClN4O4S. The predicted molar refractivity (Wildman–Crippen MR) is 146 cm³/mol. The van der Waals surface area contributed by atoms with Crippen molar-refractivity contribution in [1.82, 2.24) is 10.4 Å². The lowest BCUT2D eigenvalue weighted by atomic mass is 10.1. The number of aryl methyl sites for hydroxylation is 2. The van der Waals surface area contributed by atoms with Gasteiger partial charge in [0.1, 0.15) is 17.4 Å². The van der Waals surface area contributed by atoms with Gasteiger partial charge < -0.3 is 4.74 Å². The summed E-state index contributed by atoms with van der Waals surface area (Å²) in [4.78, 5) is 17.2. The third-order valence-corrected chi connectivity index (χ3v) is 7.67. The topological polar surface area (TPSA) is 101 Å². The molecule has 1 N–H and O–H groups in total. The lowest BCUT2D eigenvalue weighted by Crippen LogP contribution is -2.39. The summed E-state index contributed by atoms with van der Waals surface area (Å²) in [6.07, 6.45) is 1.36. The number of hydrogen-bond donors (Lipinski definition) is 1. The Morgan fingerprint density at radius 1 is 1.05 bits per heavy atom. The van der Waals surface area contributed by atoms with Crippen molar-refractivity contribution in [3.05, 3.63) is 94.6 Å². The van der Waals surface area contributed by atoms with Gasteiger partial charge in [0.15, 0.2) is 0 Å². The SMILES string of the molecule is COc1ccc2cc(/C=N\NC(=O)CN(c3cccc(C)c3)S(=O)(=O)c3ccc(C)cc3)c(Cl)nc2c1. The number of ether oxygens (including phenoxy) is 1. The van der Waals surface area contributed by atoms with E-state index in [1.807, 2.05) is 26.0 Å². The van der Waals surface area contributed by atoms with Gasteiger partial charge in [-0.1, -0.05) is 41.4 Å². The molecule has 0 atom stereocenters. The summed E-state index contributed by atoms with van der Waals surface area (Å²) in [5.41, 5.74) is 5.69. The van der Waals surface area contributed by atoms with E-state index in [-0.39, 0.29) is 10.0 Å². The number of hydrazone groups is 1. The number of fused-ring (bicyclic) bond motifs is 1. The number of sulfonamides is 1. The van der Waals surface area contributed by atoms with Crippen molar-refractivity contribution >= 4 is 50.3 Å². The fraction of sp³-hybridized carbons (Fsp3) is 0.148. The van der Waals surface area contributed by atoms with Gasteiger partial charge in [-0.2, -0.15) is 5.10 Å². The second-order valence-corrected chi connectivity index (χ2v) is 10.6. The first kappa shape index (κ1) is 26.1. The minimum atomic E-state index is -4.02. The third kappa shape index (κ3) is 6.07. The number of rotatable bonds is 8. The maximum atomic E-state index is 13.5. The Morgan fingerprint density at radius 2 is 1.81 bits per heavy atom. The highest BCUT2D eigenvalue weighted by molar-refractivity contribution is 7.92. The minimum Gasteiger partial charge on any atom is -0.497 e. The molecule has 0 bridgehead atoms. The Bertz CT molecular complexity index is 1590. The van der Waals surface area contributed by atoms with E-state index in [1.165, 1.54) is 18.3 Å². The van der Waals surface area contributed by atoms with Crippen LogP contribution < -0.4 is 14.5 Å². The highest BCUT2D eigenvalue weighted by Gasteiger charge is 2.27. The molecule has 37 heavy (non-hydrogen) atoms. The molecule has 0 fully saturated rings.